The van der Waals surface area contributed by atoms with Gasteiger partial charge in [-0.1, -0.05) is 0 Å². The molecule has 0 aromatic rings. The van der Waals surface area contributed by atoms with Crippen molar-refractivity contribution in [3.63, 3.8) is 0 Å². The van der Waals surface area contributed by atoms with Crippen molar-refractivity contribution < 1.29 is 49.8 Å². The first-order chi connectivity index (χ1) is 7.51. The van der Waals surface area contributed by atoms with E-state index in [1.165, 1.54) is 0 Å². The smallest absolute Gasteiger partial charge is 0.114 e. The Hall–Kier alpha value is -2.36. The lowest BCUT2D eigenvalue weighted by Crippen LogP contribution is -2.54. The molecule has 0 atom stereocenters. The van der Waals surface area contributed by atoms with Crippen LogP contribution in [0.5, 0.6) is 0 Å². The molecule has 10 heteroatoms. The molecule has 0 aliphatic heterocycles. The molecular formula is C7H5O10-5. The quantitative estimate of drug-likeness (QED) is 0.486. The van der Waals surface area contributed by atoms with Crippen molar-refractivity contribution in [3.8, 4) is 0 Å². The van der Waals surface area contributed by atoms with Crippen LogP contribution in [-0.4, -0.2) is 34.8 Å². The van der Waals surface area contributed by atoms with E-state index in [0.717, 1.165) is 0 Å². The lowest BCUT2D eigenvalue weighted by Gasteiger charge is -2.29. The minimum Gasteiger partial charge on any atom is -0.652 e. The van der Waals surface area contributed by atoms with Crippen LogP contribution in [0.15, 0.2) is 0 Å². The zero-order chi connectivity index (χ0) is 14.2. The molecule has 0 bridgehead atoms. The molecule has 0 aromatic carbocycles. The van der Waals surface area contributed by atoms with Gasteiger partial charge in [0.05, 0.1) is 5.97 Å². The second kappa shape index (κ2) is 7.00. The molecule has 0 rings (SSSR count). The topological polar surface area (TPSA) is 204 Å². The van der Waals surface area contributed by atoms with Gasteiger partial charge in [-0.15, -0.1) is 0 Å². The molecule has 0 unspecified atom stereocenters. The number of carboxylic acids is 3. The molecule has 0 spiro atoms. The maximum absolute atomic E-state index is 10.1. The molecule has 0 heterocycles. The maximum atomic E-state index is 10.1. The molecule has 0 fully saturated rings. The summed E-state index contributed by atoms with van der Waals surface area (Å²) in [6, 6.07) is 0. The van der Waals surface area contributed by atoms with Gasteiger partial charge in [-0.05, 0) is 6.16 Å². The summed E-state index contributed by atoms with van der Waals surface area (Å²) >= 11 is 0. The Morgan fingerprint density at radius 3 is 1.18 bits per heavy atom. The van der Waals surface area contributed by atoms with Gasteiger partial charge in [0.15, 0.2) is 0 Å². The number of carbonyl (C=O) groups is 4. The van der Waals surface area contributed by atoms with Gasteiger partial charge in [0, 0.05) is 24.8 Å². The average molecular weight is 249 g/mol. The van der Waals surface area contributed by atoms with E-state index in [4.69, 9.17) is 20.1 Å². The average Bonchev–Trinajstić information content (AvgIpc) is 1.98. The minimum absolute atomic E-state index is 1.36. The van der Waals surface area contributed by atoms with E-state index in [1.54, 1.807) is 0 Å². The maximum Gasteiger partial charge on any atom is 0.114 e. The van der Waals surface area contributed by atoms with E-state index < -0.39 is 42.5 Å². The number of aliphatic hydroxyl groups is 1. The largest absolute Gasteiger partial charge is 0.652 e. The van der Waals surface area contributed by atoms with E-state index in [2.05, 4.69) is 0 Å². The molecule has 0 saturated heterocycles. The molecule has 0 aliphatic rings. The van der Waals surface area contributed by atoms with Crippen molar-refractivity contribution in [3.05, 3.63) is 0 Å². The number of rotatable bonds is 5. The lowest BCUT2D eigenvalue weighted by atomic mass is 9.96. The summed E-state index contributed by atoms with van der Waals surface area (Å²) in [6.45, 7) is 0. The van der Waals surface area contributed by atoms with Crippen molar-refractivity contribution in [2.75, 3.05) is 0 Å². The number of hydrogen-bond acceptors (Lipinski definition) is 10. The van der Waals surface area contributed by atoms with Crippen LogP contribution < -0.4 is 25.5 Å². The molecular weight excluding hydrogens is 244 g/mol. The minimum atomic E-state index is -2.97. The third kappa shape index (κ3) is 9.93. The van der Waals surface area contributed by atoms with E-state index in [0.29, 0.717) is 0 Å². The van der Waals surface area contributed by atoms with E-state index in [9.17, 15) is 29.7 Å². The fourth-order valence-corrected chi connectivity index (χ4v) is 0.684. The van der Waals surface area contributed by atoms with Gasteiger partial charge in [-0.25, -0.2) is 0 Å². The Morgan fingerprint density at radius 2 is 1.06 bits per heavy atom. The van der Waals surface area contributed by atoms with Crippen LogP contribution >= 0.6 is 0 Å². The molecule has 17 heavy (non-hydrogen) atoms. The van der Waals surface area contributed by atoms with Crippen LogP contribution in [0.2, 0.25) is 0 Å². The first kappa shape index (κ1) is 17.0. The van der Waals surface area contributed by atoms with Crippen molar-refractivity contribution in [1.29, 1.82) is 0 Å². The first-order valence-electron chi connectivity index (χ1n) is 3.72. The highest BCUT2D eigenvalue weighted by atomic mass is 16.6. The first-order valence-corrected chi connectivity index (χ1v) is 3.72. The molecule has 10 nitrogen and oxygen atoms in total. The van der Waals surface area contributed by atoms with E-state index >= 15 is 0 Å². The van der Waals surface area contributed by atoms with Crippen LogP contribution in [0, 0.1) is 0 Å². The number of carboxylic acid groups (broad SMARTS) is 5. The van der Waals surface area contributed by atoms with Crippen LogP contribution in [0.1, 0.15) is 12.8 Å². The molecule has 0 amide bonds. The number of carbonyl (C=O) groups excluding carboxylic acids is 4. The Balaban J connectivity index is 0. The van der Waals surface area contributed by atoms with Gasteiger partial charge in [-0.3, -0.25) is 0 Å². The summed E-state index contributed by atoms with van der Waals surface area (Å²) in [5.74, 6) is -5.98. The Kier molecular flexibility index (Phi) is 7.02. The molecule has 0 aliphatic carbocycles. The second-order valence-corrected chi connectivity index (χ2v) is 2.67. The zero-order valence-electron chi connectivity index (χ0n) is 8.04. The molecule has 98 valence electrons. The summed E-state index contributed by atoms with van der Waals surface area (Å²) in [5.41, 5.74) is -2.97. The fraction of sp³-hybridized carbons (Fsp3) is 0.429. The van der Waals surface area contributed by atoms with E-state index in [-0.39, 0.29) is 0 Å². The van der Waals surface area contributed by atoms with Crippen molar-refractivity contribution in [2.24, 2.45) is 0 Å². The Bertz CT molecular complexity index is 299. The van der Waals surface area contributed by atoms with Gasteiger partial charge in [0.25, 0.3) is 0 Å². The summed E-state index contributed by atoms with van der Waals surface area (Å²) in [7, 11) is 0. The monoisotopic (exact) mass is 249 g/mol. The highest BCUT2D eigenvalue weighted by Gasteiger charge is 2.29. The van der Waals surface area contributed by atoms with Crippen LogP contribution in [0.4, 0.5) is 4.79 Å². The lowest BCUT2D eigenvalue weighted by molar-refractivity contribution is -0.415. The molecule has 0 saturated carbocycles. The summed E-state index contributed by atoms with van der Waals surface area (Å²) in [6.07, 6.45) is -5.05. The standard InChI is InChI=1S/C6H8O7.CH2O3/c7-3(8)1-6(13,5(11)12)2-4(9)10;2-1(3)4/h13H,1-2H2,(H,7,8)(H,9,10)(H,11,12);(H2,2,3,4)/p-5. The number of hydrogen-bond donors (Lipinski definition) is 1. The normalized spacial score (nSPS) is 9.71. The summed E-state index contributed by atoms with van der Waals surface area (Å²) < 4.78 is 0. The predicted octanol–water partition coefficient (Wildman–Crippen LogP) is -7.70. The third-order valence-electron chi connectivity index (χ3n) is 1.25. The SMILES string of the molecule is O=C([O-])CC(O)(CC(=O)[O-])C(=O)[O-].O=C([O-])[O-]. The highest BCUT2D eigenvalue weighted by molar-refractivity contribution is 5.86. The van der Waals surface area contributed by atoms with Gasteiger partial charge < -0.3 is 49.8 Å². The fourth-order valence-electron chi connectivity index (χ4n) is 0.684. The summed E-state index contributed by atoms with van der Waals surface area (Å²) in [5, 5.41) is 55.6. The van der Waals surface area contributed by atoms with Crippen LogP contribution in [0.3, 0.4) is 0 Å². The summed E-state index contributed by atoms with van der Waals surface area (Å²) in [4.78, 5) is 38.3. The third-order valence-corrected chi connectivity index (χ3v) is 1.25. The van der Waals surface area contributed by atoms with Crippen molar-refractivity contribution >= 4 is 24.1 Å². The highest BCUT2D eigenvalue weighted by Crippen LogP contribution is 2.13. The van der Waals surface area contributed by atoms with Crippen LogP contribution in [-0.2, 0) is 14.4 Å². The Labute approximate surface area is 93.3 Å². The Morgan fingerprint density at radius 1 is 0.824 bits per heavy atom. The number of aliphatic carboxylic acids is 3. The zero-order valence-corrected chi connectivity index (χ0v) is 8.04. The van der Waals surface area contributed by atoms with Crippen molar-refractivity contribution in [1.82, 2.24) is 0 Å². The van der Waals surface area contributed by atoms with Gasteiger partial charge in [0.1, 0.15) is 5.60 Å². The van der Waals surface area contributed by atoms with E-state index in [1.807, 2.05) is 0 Å². The second-order valence-electron chi connectivity index (χ2n) is 2.67. The van der Waals surface area contributed by atoms with Crippen molar-refractivity contribution in [2.45, 2.75) is 18.4 Å². The molecule has 0 radical (unpaired) electrons. The van der Waals surface area contributed by atoms with Gasteiger partial charge >= 0.3 is 0 Å². The van der Waals surface area contributed by atoms with Gasteiger partial charge in [-0.2, -0.15) is 0 Å². The van der Waals surface area contributed by atoms with Crippen LogP contribution in [0.25, 0.3) is 0 Å². The predicted molar refractivity (Wildman–Crippen MR) is 34.6 cm³/mol. The molecule has 1 N–H and O–H groups in total. The van der Waals surface area contributed by atoms with Gasteiger partial charge in [0.2, 0.25) is 0 Å². The molecule has 0 aromatic heterocycles.